The molecule has 1 aromatic heterocycles. The number of aromatic nitrogens is 3. The molecule has 0 aliphatic carbocycles. The van der Waals surface area contributed by atoms with Crippen molar-refractivity contribution in [1.29, 1.82) is 0 Å². The molecule has 0 unspecified atom stereocenters. The van der Waals surface area contributed by atoms with E-state index in [2.05, 4.69) is 15.4 Å². The van der Waals surface area contributed by atoms with Gasteiger partial charge >= 0.3 is 0 Å². The van der Waals surface area contributed by atoms with Gasteiger partial charge in [-0.15, -0.1) is 5.10 Å². The quantitative estimate of drug-likeness (QED) is 0.495. The standard InChI is InChI=1S/C22H25F3N6O2.H2/c1-14-6-19(27-22-26-13-31(28-22)17-9-15(23)8-16(24)10-17)21(25)20(7-14)30-4-2-29(3-5-30)18(11-32)12-33;/h6-10,13,18,32-33H,2-5,11-12H2,1H3,(H,27,28);1H. The monoisotopic (exact) mass is 464 g/mol. The molecule has 1 aliphatic heterocycles. The van der Waals surface area contributed by atoms with Gasteiger partial charge in [-0.2, -0.15) is 4.98 Å². The summed E-state index contributed by atoms with van der Waals surface area (Å²) in [5.74, 6) is -1.88. The summed E-state index contributed by atoms with van der Waals surface area (Å²) in [5.41, 5.74) is 1.58. The maximum Gasteiger partial charge on any atom is 0.247 e. The van der Waals surface area contributed by atoms with E-state index in [1.54, 1.807) is 12.1 Å². The highest BCUT2D eigenvalue weighted by atomic mass is 19.1. The minimum Gasteiger partial charge on any atom is -0.395 e. The maximum atomic E-state index is 15.4. The normalized spacial score (nSPS) is 14.8. The molecular weight excluding hydrogens is 437 g/mol. The SMILES string of the molecule is Cc1cc(Nc2ncn(-c3cc(F)cc(F)c3)n2)c(F)c(N2CCN(C(CO)CO)CC2)c1.[HH]. The average molecular weight is 464 g/mol. The van der Waals surface area contributed by atoms with E-state index in [9.17, 15) is 19.0 Å². The summed E-state index contributed by atoms with van der Waals surface area (Å²) in [7, 11) is 0. The first-order chi connectivity index (χ1) is 15.9. The Hall–Kier alpha value is -3.15. The van der Waals surface area contributed by atoms with Crippen LogP contribution in [-0.4, -0.2) is 75.3 Å². The lowest BCUT2D eigenvalue weighted by atomic mass is 10.1. The molecule has 0 spiro atoms. The first-order valence-corrected chi connectivity index (χ1v) is 10.5. The van der Waals surface area contributed by atoms with Crippen molar-refractivity contribution in [3.8, 4) is 5.69 Å². The number of nitrogens with zero attached hydrogens (tertiary/aromatic N) is 5. The third-order valence-electron chi connectivity index (χ3n) is 5.64. The van der Waals surface area contributed by atoms with Gasteiger partial charge < -0.3 is 20.4 Å². The Balaban J connectivity index is 0.00000324. The van der Waals surface area contributed by atoms with Crippen LogP contribution in [0.4, 0.5) is 30.5 Å². The summed E-state index contributed by atoms with van der Waals surface area (Å²) in [6.45, 7) is 3.81. The molecule has 8 nitrogen and oxygen atoms in total. The minimum absolute atomic E-state index is 0. The predicted octanol–water partition coefficient (Wildman–Crippen LogP) is 2.46. The van der Waals surface area contributed by atoms with Crippen LogP contribution < -0.4 is 10.2 Å². The van der Waals surface area contributed by atoms with E-state index >= 15 is 4.39 Å². The number of aryl methyl sites for hydroxylation is 1. The molecule has 1 fully saturated rings. The number of piperazine rings is 1. The van der Waals surface area contributed by atoms with Crippen LogP contribution in [0, 0.1) is 24.4 Å². The largest absolute Gasteiger partial charge is 0.395 e. The van der Waals surface area contributed by atoms with E-state index in [4.69, 9.17) is 0 Å². The second-order valence-electron chi connectivity index (χ2n) is 7.95. The van der Waals surface area contributed by atoms with Crippen LogP contribution in [0.3, 0.4) is 0 Å². The van der Waals surface area contributed by atoms with Crippen LogP contribution in [0.5, 0.6) is 0 Å². The smallest absolute Gasteiger partial charge is 0.247 e. The van der Waals surface area contributed by atoms with Gasteiger partial charge in [-0.25, -0.2) is 17.9 Å². The van der Waals surface area contributed by atoms with Crippen molar-refractivity contribution in [2.75, 3.05) is 49.6 Å². The first-order valence-electron chi connectivity index (χ1n) is 10.5. The van der Waals surface area contributed by atoms with Crippen LogP contribution in [0.15, 0.2) is 36.7 Å². The molecule has 1 aliphatic rings. The third-order valence-corrected chi connectivity index (χ3v) is 5.64. The Morgan fingerprint density at radius 1 is 1.00 bits per heavy atom. The Kier molecular flexibility index (Phi) is 6.82. The number of benzene rings is 2. The molecule has 3 N–H and O–H groups in total. The van der Waals surface area contributed by atoms with E-state index < -0.39 is 17.5 Å². The van der Waals surface area contributed by atoms with Gasteiger partial charge in [0.1, 0.15) is 18.0 Å². The van der Waals surface area contributed by atoms with Crippen molar-refractivity contribution >= 4 is 17.3 Å². The topological polar surface area (TPSA) is 89.7 Å². The van der Waals surface area contributed by atoms with Crippen molar-refractivity contribution in [2.24, 2.45) is 0 Å². The number of halogens is 3. The lowest BCUT2D eigenvalue weighted by Gasteiger charge is -2.39. The molecule has 0 radical (unpaired) electrons. The van der Waals surface area contributed by atoms with Crippen LogP contribution >= 0.6 is 0 Å². The van der Waals surface area contributed by atoms with Gasteiger partial charge in [0, 0.05) is 33.7 Å². The lowest BCUT2D eigenvalue weighted by Crippen LogP contribution is -2.52. The molecule has 2 aromatic carbocycles. The van der Waals surface area contributed by atoms with Crippen LogP contribution in [0.25, 0.3) is 5.69 Å². The zero-order chi connectivity index (χ0) is 23.5. The summed E-state index contributed by atoms with van der Waals surface area (Å²) in [6, 6.07) is 6.06. The fraction of sp³-hybridized carbons (Fsp3) is 0.364. The number of aliphatic hydroxyl groups excluding tert-OH is 2. The number of hydrogen-bond acceptors (Lipinski definition) is 7. The van der Waals surface area contributed by atoms with E-state index in [1.165, 1.54) is 11.0 Å². The molecular formula is C22H27F3N6O2. The fourth-order valence-electron chi connectivity index (χ4n) is 3.92. The molecule has 2 heterocycles. The third kappa shape index (κ3) is 5.10. The minimum atomic E-state index is -0.742. The maximum absolute atomic E-state index is 15.4. The molecule has 0 saturated carbocycles. The zero-order valence-electron chi connectivity index (χ0n) is 18.0. The Morgan fingerprint density at radius 3 is 2.30 bits per heavy atom. The van der Waals surface area contributed by atoms with Crippen LogP contribution in [0.2, 0.25) is 0 Å². The number of nitrogens with one attached hydrogen (secondary N) is 1. The highest BCUT2D eigenvalue weighted by Gasteiger charge is 2.25. The Morgan fingerprint density at radius 2 is 1.67 bits per heavy atom. The van der Waals surface area contributed by atoms with Crippen molar-refractivity contribution in [1.82, 2.24) is 19.7 Å². The number of aliphatic hydroxyl groups is 2. The van der Waals surface area contributed by atoms with E-state index in [0.717, 1.165) is 23.8 Å². The van der Waals surface area contributed by atoms with Gasteiger partial charge in [-0.1, -0.05) is 0 Å². The number of anilines is 3. The van der Waals surface area contributed by atoms with Gasteiger partial charge in [0.15, 0.2) is 5.82 Å². The van der Waals surface area contributed by atoms with Crippen molar-refractivity contribution in [2.45, 2.75) is 13.0 Å². The van der Waals surface area contributed by atoms with Crippen molar-refractivity contribution in [3.05, 3.63) is 59.7 Å². The molecule has 178 valence electrons. The van der Waals surface area contributed by atoms with Crippen molar-refractivity contribution in [3.63, 3.8) is 0 Å². The number of hydrogen-bond donors (Lipinski definition) is 3. The zero-order valence-corrected chi connectivity index (χ0v) is 18.0. The molecule has 0 amide bonds. The van der Waals surface area contributed by atoms with Gasteiger partial charge in [0.25, 0.3) is 0 Å². The van der Waals surface area contributed by atoms with E-state index in [1.807, 2.05) is 16.7 Å². The molecule has 3 aromatic rings. The molecule has 1 saturated heterocycles. The average Bonchev–Trinajstić information content (AvgIpc) is 3.25. The van der Waals surface area contributed by atoms with E-state index in [0.29, 0.717) is 31.9 Å². The van der Waals surface area contributed by atoms with Crippen LogP contribution in [0.1, 0.15) is 6.99 Å². The predicted molar refractivity (Wildman–Crippen MR) is 120 cm³/mol. The summed E-state index contributed by atoms with van der Waals surface area (Å²) < 4.78 is 43.6. The van der Waals surface area contributed by atoms with E-state index in [-0.39, 0.29) is 38.0 Å². The number of rotatable bonds is 7. The summed E-state index contributed by atoms with van der Waals surface area (Å²) in [5, 5.41) is 25.8. The first kappa shape index (κ1) is 23.0. The molecule has 4 rings (SSSR count). The summed E-state index contributed by atoms with van der Waals surface area (Å²) in [6.07, 6.45) is 1.28. The summed E-state index contributed by atoms with van der Waals surface area (Å²) in [4.78, 5) is 7.97. The Labute approximate surface area is 190 Å². The van der Waals surface area contributed by atoms with Gasteiger partial charge in [0.05, 0.1) is 36.3 Å². The van der Waals surface area contributed by atoms with Crippen molar-refractivity contribution < 1.29 is 24.8 Å². The molecule has 33 heavy (non-hydrogen) atoms. The summed E-state index contributed by atoms with van der Waals surface area (Å²) >= 11 is 0. The van der Waals surface area contributed by atoms with Crippen LogP contribution in [-0.2, 0) is 0 Å². The van der Waals surface area contributed by atoms with Gasteiger partial charge in [-0.3, -0.25) is 4.90 Å². The fourth-order valence-corrected chi connectivity index (χ4v) is 3.92. The van der Waals surface area contributed by atoms with Gasteiger partial charge in [0.2, 0.25) is 5.95 Å². The second-order valence-corrected chi connectivity index (χ2v) is 7.95. The highest BCUT2D eigenvalue weighted by molar-refractivity contribution is 5.65. The molecule has 0 atom stereocenters. The molecule has 0 bridgehead atoms. The molecule has 11 heteroatoms. The van der Waals surface area contributed by atoms with Gasteiger partial charge in [-0.05, 0) is 36.8 Å². The Bertz CT molecular complexity index is 1100. The highest BCUT2D eigenvalue weighted by Crippen LogP contribution is 2.30. The second kappa shape index (κ2) is 9.77. The lowest BCUT2D eigenvalue weighted by molar-refractivity contribution is 0.0699.